The summed E-state index contributed by atoms with van der Waals surface area (Å²) in [5.74, 6) is 0.550. The van der Waals surface area contributed by atoms with Gasteiger partial charge in [0.1, 0.15) is 0 Å². The molecule has 1 rings (SSSR count). The summed E-state index contributed by atoms with van der Waals surface area (Å²) in [7, 11) is 0. The van der Waals surface area contributed by atoms with E-state index in [9.17, 15) is 0 Å². The molecule has 0 spiro atoms. The van der Waals surface area contributed by atoms with Crippen LogP contribution in [0.5, 0.6) is 5.75 Å². The van der Waals surface area contributed by atoms with Crippen molar-refractivity contribution in [1.82, 2.24) is 0 Å². The van der Waals surface area contributed by atoms with Gasteiger partial charge < -0.3 is 10.5 Å². The fourth-order valence-electron chi connectivity index (χ4n) is 1.27. The second kappa shape index (κ2) is 5.59. The Morgan fingerprint density at radius 1 is 1.27 bits per heavy atom. The van der Waals surface area contributed by atoms with Gasteiger partial charge >= 0.3 is 0 Å². The van der Waals surface area contributed by atoms with Gasteiger partial charge in [-0.15, -0.1) is 0 Å². The third-order valence-electron chi connectivity index (χ3n) is 1.84. The molecule has 0 aromatic heterocycles. The molecule has 0 saturated heterocycles. The molecule has 0 saturated carbocycles. The molecule has 84 valence electrons. The molecule has 0 bridgehead atoms. The van der Waals surface area contributed by atoms with Gasteiger partial charge in [-0.05, 0) is 44.5 Å². The van der Waals surface area contributed by atoms with Crippen molar-refractivity contribution >= 4 is 23.2 Å². The summed E-state index contributed by atoms with van der Waals surface area (Å²) in [5, 5.41) is 1.08. The molecule has 1 aromatic carbocycles. The molecule has 4 heteroatoms. The Morgan fingerprint density at radius 3 is 2.20 bits per heavy atom. The molecule has 0 fully saturated rings. The van der Waals surface area contributed by atoms with Gasteiger partial charge in [0.25, 0.3) is 0 Å². The van der Waals surface area contributed by atoms with E-state index in [0.717, 1.165) is 12.0 Å². The van der Waals surface area contributed by atoms with Crippen molar-refractivity contribution in [3.63, 3.8) is 0 Å². The molecule has 0 aliphatic heterocycles. The Labute approximate surface area is 100 Å². The summed E-state index contributed by atoms with van der Waals surface area (Å²) in [6.45, 7) is 4.44. The number of hydrogen-bond donors (Lipinski definition) is 1. The highest BCUT2D eigenvalue weighted by Gasteiger charge is 2.10. The third-order valence-corrected chi connectivity index (χ3v) is 2.41. The van der Waals surface area contributed by atoms with E-state index in [1.807, 2.05) is 26.0 Å². The van der Waals surface area contributed by atoms with Crippen LogP contribution in [-0.4, -0.2) is 12.6 Å². The zero-order valence-corrected chi connectivity index (χ0v) is 10.4. The lowest BCUT2D eigenvalue weighted by Gasteiger charge is -2.14. The standard InChI is InChI=1S/C11H15Cl2NO/c1-7(2)15-11-9(12)5-8(3-4-14)6-10(11)13/h5-7H,3-4,14H2,1-2H3. The van der Waals surface area contributed by atoms with E-state index in [2.05, 4.69) is 0 Å². The van der Waals surface area contributed by atoms with Gasteiger partial charge in [0.05, 0.1) is 16.1 Å². The predicted octanol–water partition coefficient (Wildman–Crippen LogP) is 3.28. The van der Waals surface area contributed by atoms with Gasteiger partial charge in [0.2, 0.25) is 0 Å². The SMILES string of the molecule is CC(C)Oc1c(Cl)cc(CCN)cc1Cl. The van der Waals surface area contributed by atoms with Crippen LogP contribution < -0.4 is 10.5 Å². The molecule has 2 N–H and O–H groups in total. The fourth-order valence-corrected chi connectivity index (χ4v) is 1.89. The van der Waals surface area contributed by atoms with Gasteiger partial charge in [-0.3, -0.25) is 0 Å². The Morgan fingerprint density at radius 2 is 1.80 bits per heavy atom. The van der Waals surface area contributed by atoms with Crippen LogP contribution in [0.4, 0.5) is 0 Å². The van der Waals surface area contributed by atoms with Gasteiger partial charge in [0, 0.05) is 0 Å². The lowest BCUT2D eigenvalue weighted by Crippen LogP contribution is -2.07. The van der Waals surface area contributed by atoms with E-state index in [0.29, 0.717) is 22.3 Å². The summed E-state index contributed by atoms with van der Waals surface area (Å²) in [5.41, 5.74) is 6.49. The van der Waals surface area contributed by atoms with Crippen molar-refractivity contribution in [2.24, 2.45) is 5.73 Å². The summed E-state index contributed by atoms with van der Waals surface area (Å²) in [4.78, 5) is 0. The molecule has 0 heterocycles. The molecule has 15 heavy (non-hydrogen) atoms. The molecule has 2 nitrogen and oxygen atoms in total. The maximum atomic E-state index is 6.06. The van der Waals surface area contributed by atoms with Crippen molar-refractivity contribution in [2.45, 2.75) is 26.4 Å². The van der Waals surface area contributed by atoms with Crippen LogP contribution in [0, 0.1) is 0 Å². The van der Waals surface area contributed by atoms with Crippen molar-refractivity contribution in [2.75, 3.05) is 6.54 Å². The van der Waals surface area contributed by atoms with Crippen LogP contribution in [0.2, 0.25) is 10.0 Å². The van der Waals surface area contributed by atoms with E-state index in [4.69, 9.17) is 33.7 Å². The molecule has 0 radical (unpaired) electrons. The minimum absolute atomic E-state index is 0.0559. The molecular formula is C11H15Cl2NO. The zero-order chi connectivity index (χ0) is 11.4. The number of hydrogen-bond acceptors (Lipinski definition) is 2. The topological polar surface area (TPSA) is 35.2 Å². The van der Waals surface area contributed by atoms with Crippen molar-refractivity contribution < 1.29 is 4.74 Å². The number of benzene rings is 1. The molecule has 1 aromatic rings. The molecule has 0 amide bonds. The number of ether oxygens (including phenoxy) is 1. The quantitative estimate of drug-likeness (QED) is 0.887. The van der Waals surface area contributed by atoms with Crippen molar-refractivity contribution in [1.29, 1.82) is 0 Å². The van der Waals surface area contributed by atoms with Crippen LogP contribution in [0.15, 0.2) is 12.1 Å². The number of nitrogens with two attached hydrogens (primary N) is 1. The minimum atomic E-state index is 0.0559. The summed E-state index contributed by atoms with van der Waals surface area (Å²) in [6.07, 6.45) is 0.821. The van der Waals surface area contributed by atoms with Crippen molar-refractivity contribution in [3.05, 3.63) is 27.7 Å². The summed E-state index contributed by atoms with van der Waals surface area (Å²) in [6, 6.07) is 3.69. The second-order valence-corrected chi connectivity index (χ2v) is 4.41. The minimum Gasteiger partial charge on any atom is -0.488 e. The average Bonchev–Trinajstić information content (AvgIpc) is 2.11. The Bertz CT molecular complexity index is 316. The number of halogens is 2. The third kappa shape index (κ3) is 3.56. The molecule has 0 atom stereocenters. The van der Waals surface area contributed by atoms with Gasteiger partial charge in [0.15, 0.2) is 5.75 Å². The monoisotopic (exact) mass is 247 g/mol. The van der Waals surface area contributed by atoms with Crippen LogP contribution >= 0.6 is 23.2 Å². The first-order valence-electron chi connectivity index (χ1n) is 4.89. The molecular weight excluding hydrogens is 233 g/mol. The smallest absolute Gasteiger partial charge is 0.156 e. The lowest BCUT2D eigenvalue weighted by atomic mass is 10.1. The normalized spacial score (nSPS) is 10.8. The highest BCUT2D eigenvalue weighted by atomic mass is 35.5. The zero-order valence-electron chi connectivity index (χ0n) is 8.89. The Balaban J connectivity index is 2.98. The van der Waals surface area contributed by atoms with E-state index in [-0.39, 0.29) is 6.10 Å². The van der Waals surface area contributed by atoms with Gasteiger partial charge in [-0.1, -0.05) is 23.2 Å². The first kappa shape index (κ1) is 12.6. The van der Waals surface area contributed by atoms with Gasteiger partial charge in [-0.25, -0.2) is 0 Å². The summed E-state index contributed by atoms with van der Waals surface area (Å²) < 4.78 is 5.51. The second-order valence-electron chi connectivity index (χ2n) is 3.59. The number of rotatable bonds is 4. The van der Waals surface area contributed by atoms with Crippen LogP contribution in [0.25, 0.3) is 0 Å². The van der Waals surface area contributed by atoms with Crippen molar-refractivity contribution in [3.8, 4) is 5.75 Å². The molecule has 0 unspecified atom stereocenters. The van der Waals surface area contributed by atoms with E-state index in [1.54, 1.807) is 0 Å². The van der Waals surface area contributed by atoms with Crippen LogP contribution in [0.1, 0.15) is 19.4 Å². The van der Waals surface area contributed by atoms with Gasteiger partial charge in [-0.2, -0.15) is 0 Å². The summed E-state index contributed by atoms with van der Waals surface area (Å²) >= 11 is 12.1. The highest BCUT2D eigenvalue weighted by molar-refractivity contribution is 6.37. The van der Waals surface area contributed by atoms with E-state index >= 15 is 0 Å². The molecule has 0 aliphatic rings. The van der Waals surface area contributed by atoms with E-state index in [1.165, 1.54) is 0 Å². The fraction of sp³-hybridized carbons (Fsp3) is 0.455. The first-order valence-corrected chi connectivity index (χ1v) is 5.64. The predicted molar refractivity (Wildman–Crippen MR) is 65.0 cm³/mol. The largest absolute Gasteiger partial charge is 0.488 e. The average molecular weight is 248 g/mol. The van der Waals surface area contributed by atoms with E-state index < -0.39 is 0 Å². The maximum Gasteiger partial charge on any atom is 0.156 e. The lowest BCUT2D eigenvalue weighted by molar-refractivity contribution is 0.242. The Hall–Kier alpha value is -0.440. The van der Waals surface area contributed by atoms with Crippen LogP contribution in [-0.2, 0) is 6.42 Å². The van der Waals surface area contributed by atoms with Crippen LogP contribution in [0.3, 0.4) is 0 Å². The molecule has 0 aliphatic carbocycles. The highest BCUT2D eigenvalue weighted by Crippen LogP contribution is 2.34. The first-order chi connectivity index (χ1) is 7.04. The maximum absolute atomic E-state index is 6.06. The Kier molecular flexibility index (Phi) is 4.71.